The lowest BCUT2D eigenvalue weighted by Crippen LogP contribution is -1.99. The third kappa shape index (κ3) is 2.76. The number of benzene rings is 1. The summed E-state index contributed by atoms with van der Waals surface area (Å²) in [6.07, 6.45) is 7.02. The van der Waals surface area contributed by atoms with Crippen molar-refractivity contribution in [2.75, 3.05) is 21.3 Å². The molecule has 122 valence electrons. The zero-order valence-electron chi connectivity index (χ0n) is 13.8. The van der Waals surface area contributed by atoms with Crippen LogP contribution in [0.4, 0.5) is 0 Å². The van der Waals surface area contributed by atoms with Gasteiger partial charge in [0.05, 0.1) is 21.3 Å². The number of hydrogen-bond acceptors (Lipinski definition) is 5. The van der Waals surface area contributed by atoms with Crippen molar-refractivity contribution in [3.63, 3.8) is 0 Å². The molecule has 0 radical (unpaired) electrons. The molecule has 0 atom stereocenters. The average molecular weight is 322 g/mol. The molecule has 0 amide bonds. The van der Waals surface area contributed by atoms with Crippen LogP contribution in [0.2, 0.25) is 0 Å². The van der Waals surface area contributed by atoms with Crippen LogP contribution < -0.4 is 14.2 Å². The molecular weight excluding hydrogens is 304 g/mol. The van der Waals surface area contributed by atoms with Crippen LogP contribution in [-0.2, 0) is 0 Å². The zero-order chi connectivity index (χ0) is 16.9. The lowest BCUT2D eigenvalue weighted by Gasteiger charge is -2.19. The molecule has 0 spiro atoms. The van der Waals surface area contributed by atoms with Crippen LogP contribution in [0.1, 0.15) is 0 Å². The molecule has 5 heteroatoms. The number of aromatic nitrogens is 2. The van der Waals surface area contributed by atoms with E-state index in [2.05, 4.69) is 9.97 Å². The number of rotatable bonds is 5. The summed E-state index contributed by atoms with van der Waals surface area (Å²) in [5, 5.41) is 0. The lowest BCUT2D eigenvalue weighted by molar-refractivity contribution is 0.326. The fourth-order valence-corrected chi connectivity index (χ4v) is 2.70. The Hall–Kier alpha value is -3.08. The maximum atomic E-state index is 5.61. The van der Waals surface area contributed by atoms with E-state index >= 15 is 0 Å². The number of ether oxygens (including phenoxy) is 3. The maximum Gasteiger partial charge on any atom is 0.204 e. The number of pyridine rings is 2. The van der Waals surface area contributed by atoms with E-state index in [9.17, 15) is 0 Å². The summed E-state index contributed by atoms with van der Waals surface area (Å²) in [6.45, 7) is 0. The highest BCUT2D eigenvalue weighted by Gasteiger charge is 2.22. The molecule has 0 aliphatic carbocycles. The molecule has 5 nitrogen and oxygen atoms in total. The van der Waals surface area contributed by atoms with Crippen molar-refractivity contribution in [1.29, 1.82) is 0 Å². The highest BCUT2D eigenvalue weighted by atomic mass is 16.5. The first kappa shape index (κ1) is 15.8. The molecular formula is C19H18N2O3. The summed E-state index contributed by atoms with van der Waals surface area (Å²) >= 11 is 0. The summed E-state index contributed by atoms with van der Waals surface area (Å²) < 4.78 is 16.8. The molecule has 3 rings (SSSR count). The van der Waals surface area contributed by atoms with E-state index in [-0.39, 0.29) is 0 Å². The van der Waals surface area contributed by atoms with Crippen molar-refractivity contribution >= 4 is 0 Å². The van der Waals surface area contributed by atoms with Gasteiger partial charge in [0.2, 0.25) is 5.75 Å². The normalized spacial score (nSPS) is 10.3. The van der Waals surface area contributed by atoms with Gasteiger partial charge in [-0.1, -0.05) is 6.07 Å². The van der Waals surface area contributed by atoms with Gasteiger partial charge in [-0.2, -0.15) is 0 Å². The predicted octanol–water partition coefficient (Wildman–Crippen LogP) is 3.84. The van der Waals surface area contributed by atoms with Crippen molar-refractivity contribution in [1.82, 2.24) is 9.97 Å². The van der Waals surface area contributed by atoms with Crippen molar-refractivity contribution in [3.05, 3.63) is 55.1 Å². The van der Waals surface area contributed by atoms with Crippen LogP contribution >= 0.6 is 0 Å². The molecule has 0 unspecified atom stereocenters. The van der Waals surface area contributed by atoms with Crippen LogP contribution in [0.25, 0.3) is 22.3 Å². The Morgan fingerprint density at radius 3 is 1.83 bits per heavy atom. The monoisotopic (exact) mass is 322 g/mol. The third-order valence-electron chi connectivity index (χ3n) is 3.77. The highest BCUT2D eigenvalue weighted by molar-refractivity contribution is 5.86. The highest BCUT2D eigenvalue weighted by Crippen LogP contribution is 2.49. The van der Waals surface area contributed by atoms with E-state index in [1.807, 2.05) is 30.3 Å². The van der Waals surface area contributed by atoms with Crippen molar-refractivity contribution in [3.8, 4) is 39.5 Å². The summed E-state index contributed by atoms with van der Waals surface area (Å²) in [6, 6.07) is 9.74. The molecule has 0 aliphatic rings. The quantitative estimate of drug-likeness (QED) is 0.714. The van der Waals surface area contributed by atoms with Gasteiger partial charge < -0.3 is 14.2 Å². The SMILES string of the molecule is COc1c(-c2ccncc2)cc(-c2cccnc2)c(OC)c1OC. The van der Waals surface area contributed by atoms with E-state index in [1.165, 1.54) is 0 Å². The first-order valence-corrected chi connectivity index (χ1v) is 7.44. The molecule has 0 fully saturated rings. The van der Waals surface area contributed by atoms with Gasteiger partial charge in [-0.15, -0.1) is 0 Å². The van der Waals surface area contributed by atoms with Gasteiger partial charge in [0, 0.05) is 41.5 Å². The van der Waals surface area contributed by atoms with Crippen LogP contribution in [0, 0.1) is 0 Å². The van der Waals surface area contributed by atoms with Gasteiger partial charge in [0.15, 0.2) is 11.5 Å². The topological polar surface area (TPSA) is 53.5 Å². The second kappa shape index (κ2) is 7.00. The van der Waals surface area contributed by atoms with Gasteiger partial charge in [0.25, 0.3) is 0 Å². The summed E-state index contributed by atoms with van der Waals surface area (Å²) in [5.41, 5.74) is 3.70. The van der Waals surface area contributed by atoms with E-state index in [4.69, 9.17) is 14.2 Å². The minimum atomic E-state index is 0.549. The Bertz CT molecular complexity index is 755. The van der Waals surface area contributed by atoms with Crippen molar-refractivity contribution in [2.45, 2.75) is 0 Å². The van der Waals surface area contributed by atoms with Gasteiger partial charge in [-0.3, -0.25) is 9.97 Å². The van der Waals surface area contributed by atoms with Gasteiger partial charge >= 0.3 is 0 Å². The smallest absolute Gasteiger partial charge is 0.204 e. The molecule has 1 aromatic carbocycles. The molecule has 0 saturated carbocycles. The Balaban J connectivity index is 2.34. The minimum Gasteiger partial charge on any atom is -0.492 e. The zero-order valence-corrected chi connectivity index (χ0v) is 13.8. The molecule has 0 bridgehead atoms. The molecule has 2 heterocycles. The molecule has 24 heavy (non-hydrogen) atoms. The van der Waals surface area contributed by atoms with Crippen LogP contribution in [0.3, 0.4) is 0 Å². The second-order valence-corrected chi connectivity index (χ2v) is 5.05. The van der Waals surface area contributed by atoms with Crippen molar-refractivity contribution < 1.29 is 14.2 Å². The number of nitrogens with zero attached hydrogens (tertiary/aromatic N) is 2. The Kier molecular flexibility index (Phi) is 4.61. The fraction of sp³-hybridized carbons (Fsp3) is 0.158. The van der Waals surface area contributed by atoms with E-state index in [0.717, 1.165) is 22.3 Å². The average Bonchev–Trinajstić information content (AvgIpc) is 2.67. The maximum absolute atomic E-state index is 5.61. The predicted molar refractivity (Wildman–Crippen MR) is 92.6 cm³/mol. The summed E-state index contributed by atoms with van der Waals surface area (Å²) in [5.74, 6) is 1.78. The minimum absolute atomic E-state index is 0.549. The summed E-state index contributed by atoms with van der Waals surface area (Å²) in [7, 11) is 4.83. The fourth-order valence-electron chi connectivity index (χ4n) is 2.70. The first-order valence-electron chi connectivity index (χ1n) is 7.44. The summed E-state index contributed by atoms with van der Waals surface area (Å²) in [4.78, 5) is 8.28. The molecule has 2 aromatic heterocycles. The lowest BCUT2D eigenvalue weighted by atomic mass is 9.97. The van der Waals surface area contributed by atoms with Gasteiger partial charge in [0.1, 0.15) is 0 Å². The Morgan fingerprint density at radius 1 is 0.667 bits per heavy atom. The van der Waals surface area contributed by atoms with E-state index in [1.54, 1.807) is 46.1 Å². The second-order valence-electron chi connectivity index (χ2n) is 5.05. The molecule has 0 N–H and O–H groups in total. The third-order valence-corrected chi connectivity index (χ3v) is 3.77. The van der Waals surface area contributed by atoms with Crippen LogP contribution in [0.5, 0.6) is 17.2 Å². The molecule has 0 aliphatic heterocycles. The molecule has 0 saturated heterocycles. The van der Waals surface area contributed by atoms with Crippen molar-refractivity contribution in [2.24, 2.45) is 0 Å². The standard InChI is InChI=1S/C19H18N2O3/c1-22-17-15(13-6-9-20-10-7-13)11-16(14-5-4-8-21-12-14)18(23-2)19(17)24-3/h4-12H,1-3H3. The van der Waals surface area contributed by atoms with E-state index < -0.39 is 0 Å². The number of methoxy groups -OCH3 is 3. The number of hydrogen-bond donors (Lipinski definition) is 0. The largest absolute Gasteiger partial charge is 0.492 e. The van der Waals surface area contributed by atoms with Gasteiger partial charge in [-0.05, 0) is 29.8 Å². The Labute approximate surface area is 140 Å². The Morgan fingerprint density at radius 2 is 1.29 bits per heavy atom. The molecule has 3 aromatic rings. The first-order chi connectivity index (χ1) is 11.8. The van der Waals surface area contributed by atoms with Crippen LogP contribution in [0.15, 0.2) is 55.1 Å². The van der Waals surface area contributed by atoms with Gasteiger partial charge in [-0.25, -0.2) is 0 Å². The van der Waals surface area contributed by atoms with Crippen LogP contribution in [-0.4, -0.2) is 31.3 Å². The van der Waals surface area contributed by atoms with E-state index in [0.29, 0.717) is 17.2 Å².